The molecule has 1 saturated heterocycles. The Morgan fingerprint density at radius 2 is 1.87 bits per heavy atom. The van der Waals surface area contributed by atoms with E-state index in [0.29, 0.717) is 12.1 Å². The molecule has 1 aliphatic carbocycles. The second kappa shape index (κ2) is 7.71. The quantitative estimate of drug-likeness (QED) is 0.756. The van der Waals surface area contributed by atoms with Crippen molar-refractivity contribution in [1.82, 2.24) is 14.6 Å². The topological polar surface area (TPSA) is 79.4 Å². The van der Waals surface area contributed by atoms with Gasteiger partial charge < -0.3 is 5.32 Å². The predicted octanol–water partition coefficient (Wildman–Crippen LogP) is 4.16. The van der Waals surface area contributed by atoms with Crippen LogP contribution in [0.5, 0.6) is 0 Å². The Morgan fingerprint density at radius 3 is 2.58 bits per heavy atom. The fourth-order valence-electron chi connectivity index (χ4n) is 5.64. The summed E-state index contributed by atoms with van der Waals surface area (Å²) >= 11 is 0. The molecule has 31 heavy (non-hydrogen) atoms. The van der Waals surface area contributed by atoms with E-state index in [0.717, 1.165) is 24.8 Å². The lowest BCUT2D eigenvalue weighted by atomic mass is 9.65. The monoisotopic (exact) mass is 441 g/mol. The van der Waals surface area contributed by atoms with Crippen molar-refractivity contribution in [2.75, 3.05) is 6.54 Å². The van der Waals surface area contributed by atoms with E-state index < -0.39 is 10.0 Å². The molecule has 2 aliphatic rings. The fraction of sp³-hybridized carbons (Fsp3) is 0.500. The van der Waals surface area contributed by atoms with Crippen LogP contribution in [-0.2, 0) is 10.0 Å². The highest BCUT2D eigenvalue weighted by Crippen LogP contribution is 2.53. The molecule has 1 saturated carbocycles. The third-order valence-electron chi connectivity index (χ3n) is 6.62. The molecule has 1 aliphatic heterocycles. The van der Waals surface area contributed by atoms with Gasteiger partial charge in [0.1, 0.15) is 0 Å². The number of benzene rings is 1. The molecule has 1 amide bonds. The number of hydrogen-bond acceptors (Lipinski definition) is 4. The number of amides is 1. The molecule has 2 bridgehead atoms. The second-order valence-electron chi connectivity index (χ2n) is 10.3. The fourth-order valence-corrected chi connectivity index (χ4v) is 7.46. The van der Waals surface area contributed by atoms with Crippen LogP contribution >= 0.6 is 0 Å². The number of aromatic nitrogens is 1. The van der Waals surface area contributed by atoms with E-state index in [1.807, 2.05) is 19.1 Å². The maximum Gasteiger partial charge on any atom is 0.251 e. The Labute approximate surface area is 185 Å². The van der Waals surface area contributed by atoms with Crippen LogP contribution in [0.3, 0.4) is 0 Å². The maximum absolute atomic E-state index is 13.5. The average molecular weight is 442 g/mol. The first-order chi connectivity index (χ1) is 14.5. The van der Waals surface area contributed by atoms with Crippen LogP contribution < -0.4 is 5.32 Å². The molecule has 3 atom stereocenters. The summed E-state index contributed by atoms with van der Waals surface area (Å²) in [7, 11) is -3.67. The molecule has 2 heterocycles. The summed E-state index contributed by atoms with van der Waals surface area (Å²) in [6.45, 7) is 9.07. The number of nitrogens with zero attached hydrogens (tertiary/aromatic N) is 2. The van der Waals surface area contributed by atoms with Gasteiger partial charge in [-0.3, -0.25) is 9.78 Å². The van der Waals surface area contributed by atoms with E-state index in [2.05, 4.69) is 31.1 Å². The number of pyridine rings is 1. The van der Waals surface area contributed by atoms with E-state index in [4.69, 9.17) is 0 Å². The zero-order valence-corrected chi connectivity index (χ0v) is 19.4. The number of nitrogens with one attached hydrogen (secondary N) is 1. The Kier molecular flexibility index (Phi) is 5.46. The van der Waals surface area contributed by atoms with Gasteiger partial charge in [0.05, 0.1) is 10.9 Å². The highest BCUT2D eigenvalue weighted by molar-refractivity contribution is 7.89. The summed E-state index contributed by atoms with van der Waals surface area (Å²) < 4.78 is 28.8. The summed E-state index contributed by atoms with van der Waals surface area (Å²) in [5.74, 6) is -0.297. The third kappa shape index (κ3) is 4.39. The van der Waals surface area contributed by atoms with Gasteiger partial charge in [-0.2, -0.15) is 4.31 Å². The van der Waals surface area contributed by atoms with Crippen LogP contribution in [0.1, 0.15) is 68.9 Å². The smallest absolute Gasteiger partial charge is 0.251 e. The minimum Gasteiger partial charge on any atom is -0.346 e. The Bertz CT molecular complexity index is 1080. The van der Waals surface area contributed by atoms with E-state index in [9.17, 15) is 13.2 Å². The van der Waals surface area contributed by atoms with Crippen molar-refractivity contribution < 1.29 is 13.2 Å². The lowest BCUT2D eigenvalue weighted by Crippen LogP contribution is -2.37. The Morgan fingerprint density at radius 1 is 1.16 bits per heavy atom. The average Bonchev–Trinajstić information content (AvgIpc) is 2.98. The number of hydrogen-bond donors (Lipinski definition) is 1. The molecule has 1 N–H and O–H groups in total. The Hall–Kier alpha value is -2.25. The number of sulfonamides is 1. The molecule has 3 unspecified atom stereocenters. The first kappa shape index (κ1) is 22.0. The van der Waals surface area contributed by atoms with Crippen LogP contribution in [0.4, 0.5) is 0 Å². The van der Waals surface area contributed by atoms with E-state index in [1.165, 1.54) is 6.07 Å². The minimum absolute atomic E-state index is 0.00838. The van der Waals surface area contributed by atoms with Gasteiger partial charge in [0, 0.05) is 30.5 Å². The van der Waals surface area contributed by atoms with Gasteiger partial charge in [-0.05, 0) is 72.9 Å². The van der Waals surface area contributed by atoms with E-state index in [-0.39, 0.29) is 33.7 Å². The molecule has 0 radical (unpaired) electrons. The lowest BCUT2D eigenvalue weighted by Gasteiger charge is -2.39. The van der Waals surface area contributed by atoms with Crippen molar-refractivity contribution in [3.8, 4) is 0 Å². The molecule has 1 aromatic carbocycles. The minimum atomic E-state index is -3.67. The first-order valence-electron chi connectivity index (χ1n) is 10.8. The molecule has 7 heteroatoms. The lowest BCUT2D eigenvalue weighted by molar-refractivity contribution is 0.0939. The molecule has 1 aromatic heterocycles. The SMILES string of the molecule is CC(NC(=O)c1cccc(S(=O)(=O)N2CC3(C)CC2CC(C)(C)C3)c1)c1ccncc1. The molecule has 4 rings (SSSR count). The molecule has 6 nitrogen and oxygen atoms in total. The van der Waals surface area contributed by atoms with Crippen molar-refractivity contribution in [3.05, 3.63) is 59.9 Å². The van der Waals surface area contributed by atoms with E-state index >= 15 is 0 Å². The van der Waals surface area contributed by atoms with Crippen molar-refractivity contribution >= 4 is 15.9 Å². The number of fused-ring (bicyclic) bond motifs is 2. The third-order valence-corrected chi connectivity index (χ3v) is 8.52. The molecule has 0 spiro atoms. The normalized spacial score (nSPS) is 26.4. The second-order valence-corrected chi connectivity index (χ2v) is 12.2. The molecular weight excluding hydrogens is 410 g/mol. The molecule has 2 fully saturated rings. The molecule has 2 aromatic rings. The zero-order chi connectivity index (χ0) is 22.4. The summed E-state index contributed by atoms with van der Waals surface area (Å²) in [5.41, 5.74) is 1.42. The van der Waals surface area contributed by atoms with E-state index in [1.54, 1.807) is 34.9 Å². The standard InChI is InChI=1S/C24H31N3O3S/c1-17(18-8-10-25-11-9-18)26-22(28)19-6-5-7-21(12-19)31(29,30)27-16-24(4)14-20(27)13-23(2,3)15-24/h5-12,17,20H,13-16H2,1-4H3,(H,26,28). The zero-order valence-electron chi connectivity index (χ0n) is 18.6. The number of carbonyl (C=O) groups excluding carboxylic acids is 1. The van der Waals surface area contributed by atoms with Gasteiger partial charge in [-0.1, -0.05) is 26.8 Å². The van der Waals surface area contributed by atoms with Gasteiger partial charge in [0.25, 0.3) is 5.91 Å². The van der Waals surface area contributed by atoms with Crippen LogP contribution in [0, 0.1) is 10.8 Å². The van der Waals surface area contributed by atoms with Gasteiger partial charge in [0.2, 0.25) is 10.0 Å². The number of rotatable bonds is 5. The van der Waals surface area contributed by atoms with Crippen molar-refractivity contribution in [1.29, 1.82) is 0 Å². The summed E-state index contributed by atoms with van der Waals surface area (Å²) in [6.07, 6.45) is 6.15. The van der Waals surface area contributed by atoms with Gasteiger partial charge in [-0.25, -0.2) is 8.42 Å². The molecule has 166 valence electrons. The maximum atomic E-state index is 13.5. The highest BCUT2D eigenvalue weighted by atomic mass is 32.2. The van der Waals surface area contributed by atoms with Gasteiger partial charge >= 0.3 is 0 Å². The van der Waals surface area contributed by atoms with Crippen LogP contribution in [0.2, 0.25) is 0 Å². The first-order valence-corrected chi connectivity index (χ1v) is 12.3. The van der Waals surface area contributed by atoms with Crippen molar-refractivity contribution in [2.45, 2.75) is 63.9 Å². The Balaban J connectivity index is 1.56. The predicted molar refractivity (Wildman–Crippen MR) is 120 cm³/mol. The summed E-state index contributed by atoms with van der Waals surface area (Å²) in [5, 5.41) is 2.94. The van der Waals surface area contributed by atoms with Gasteiger partial charge in [-0.15, -0.1) is 0 Å². The van der Waals surface area contributed by atoms with Crippen molar-refractivity contribution in [2.24, 2.45) is 10.8 Å². The number of carbonyl (C=O) groups is 1. The largest absolute Gasteiger partial charge is 0.346 e. The molecular formula is C24H31N3O3S. The van der Waals surface area contributed by atoms with Crippen molar-refractivity contribution in [3.63, 3.8) is 0 Å². The van der Waals surface area contributed by atoms with Gasteiger partial charge in [0.15, 0.2) is 0 Å². The highest BCUT2D eigenvalue weighted by Gasteiger charge is 2.53. The van der Waals surface area contributed by atoms with Crippen LogP contribution in [0.25, 0.3) is 0 Å². The summed E-state index contributed by atoms with van der Waals surface area (Å²) in [4.78, 5) is 17.0. The summed E-state index contributed by atoms with van der Waals surface area (Å²) in [6, 6.07) is 9.89. The van der Waals surface area contributed by atoms with Crippen LogP contribution in [0.15, 0.2) is 53.7 Å². The van der Waals surface area contributed by atoms with Crippen LogP contribution in [-0.4, -0.2) is 36.2 Å².